The van der Waals surface area contributed by atoms with E-state index < -0.39 is 0 Å². The lowest BCUT2D eigenvalue weighted by atomic mass is 10.1. The van der Waals surface area contributed by atoms with Crippen LogP contribution in [0.4, 0.5) is 5.69 Å². The molecule has 0 amide bonds. The molecular weight excluding hydrogens is 336 g/mol. The maximum absolute atomic E-state index is 13.1. The molecule has 1 aliphatic rings. The van der Waals surface area contributed by atoms with Crippen LogP contribution in [0.1, 0.15) is 19.3 Å². The first-order chi connectivity index (χ1) is 12.0. The van der Waals surface area contributed by atoms with Crippen LogP contribution in [-0.2, 0) is 14.1 Å². The summed E-state index contributed by atoms with van der Waals surface area (Å²) in [5.74, 6) is 0.426. The van der Waals surface area contributed by atoms with Gasteiger partial charge in [0.2, 0.25) is 0 Å². The SMILES string of the molecule is Cn1nnnc1-c1cn(C)c2cc([N+]3([O-])CCCCC3)ccc2c1=O.O. The molecule has 1 aliphatic heterocycles. The van der Waals surface area contributed by atoms with Gasteiger partial charge in [-0.15, -0.1) is 5.10 Å². The number of benzene rings is 1. The molecule has 0 aliphatic carbocycles. The Hall–Kier alpha value is -2.62. The Kier molecular flexibility index (Phi) is 4.61. The Balaban J connectivity index is 0.00000196. The van der Waals surface area contributed by atoms with E-state index in [2.05, 4.69) is 15.5 Å². The minimum atomic E-state index is -0.306. The van der Waals surface area contributed by atoms with E-state index in [9.17, 15) is 10.0 Å². The molecule has 0 atom stereocenters. The lowest BCUT2D eigenvalue weighted by Crippen LogP contribution is -2.47. The molecule has 26 heavy (non-hydrogen) atoms. The van der Waals surface area contributed by atoms with E-state index >= 15 is 0 Å². The summed E-state index contributed by atoms with van der Waals surface area (Å²) in [5.41, 5.74) is 1.78. The van der Waals surface area contributed by atoms with Crippen LogP contribution in [0.15, 0.2) is 29.2 Å². The minimum Gasteiger partial charge on any atom is -0.627 e. The van der Waals surface area contributed by atoms with Crippen molar-refractivity contribution in [1.29, 1.82) is 0 Å². The fraction of sp³-hybridized carbons (Fsp3) is 0.412. The zero-order chi connectivity index (χ0) is 17.6. The molecule has 2 N–H and O–H groups in total. The number of aryl methyl sites for hydroxylation is 2. The monoisotopic (exact) mass is 358 g/mol. The Bertz CT molecular complexity index is 1000. The van der Waals surface area contributed by atoms with Crippen molar-refractivity contribution in [3.63, 3.8) is 0 Å². The first-order valence-corrected chi connectivity index (χ1v) is 8.44. The standard InChI is InChI=1S/C17H20N6O2.H2O/c1-21-11-14(17-18-19-20-22(17)2)16(24)13-7-6-12(10-15(13)21)23(25)8-4-3-5-9-23;/h6-7,10-11H,3-5,8-9H2,1-2H3;1H2. The summed E-state index contributed by atoms with van der Waals surface area (Å²) in [5, 5.41) is 25.0. The zero-order valence-corrected chi connectivity index (χ0v) is 14.8. The average Bonchev–Trinajstić information content (AvgIpc) is 3.04. The first kappa shape index (κ1) is 18.2. The molecule has 138 valence electrons. The number of aromatic nitrogens is 5. The quantitative estimate of drug-likeness (QED) is 0.498. The van der Waals surface area contributed by atoms with Crippen molar-refractivity contribution >= 4 is 16.6 Å². The van der Waals surface area contributed by atoms with E-state index in [0.717, 1.165) is 30.5 Å². The maximum Gasteiger partial charge on any atom is 0.200 e. The Labute approximate surface area is 149 Å². The Morgan fingerprint density at radius 3 is 2.54 bits per heavy atom. The number of hydroxylamine groups is 2. The highest BCUT2D eigenvalue weighted by Gasteiger charge is 2.24. The second-order valence-corrected chi connectivity index (χ2v) is 6.71. The Morgan fingerprint density at radius 2 is 1.88 bits per heavy atom. The highest BCUT2D eigenvalue weighted by atomic mass is 16.5. The van der Waals surface area contributed by atoms with Crippen LogP contribution >= 0.6 is 0 Å². The van der Waals surface area contributed by atoms with E-state index in [1.807, 2.05) is 17.7 Å². The predicted molar refractivity (Wildman–Crippen MR) is 99.3 cm³/mol. The predicted octanol–water partition coefficient (Wildman–Crippen LogP) is 0.893. The summed E-state index contributed by atoms with van der Waals surface area (Å²) in [4.78, 5) is 12.9. The largest absolute Gasteiger partial charge is 0.627 e. The summed E-state index contributed by atoms with van der Waals surface area (Å²) in [7, 11) is 3.56. The number of quaternary nitrogens is 1. The molecule has 3 heterocycles. The van der Waals surface area contributed by atoms with Gasteiger partial charge >= 0.3 is 0 Å². The lowest BCUT2D eigenvalue weighted by molar-refractivity contribution is 0.307. The number of nitrogens with zero attached hydrogens (tertiary/aromatic N) is 6. The van der Waals surface area contributed by atoms with Crippen LogP contribution in [-0.4, -0.2) is 43.3 Å². The smallest absolute Gasteiger partial charge is 0.200 e. The van der Waals surface area contributed by atoms with Gasteiger partial charge in [0.15, 0.2) is 11.3 Å². The fourth-order valence-corrected chi connectivity index (χ4v) is 3.62. The summed E-state index contributed by atoms with van der Waals surface area (Å²) >= 11 is 0. The third kappa shape index (κ3) is 2.79. The molecule has 0 unspecified atom stereocenters. The number of hydrogen-bond donors (Lipinski definition) is 0. The molecule has 4 rings (SSSR count). The van der Waals surface area contributed by atoms with Gasteiger partial charge in [0.25, 0.3) is 0 Å². The van der Waals surface area contributed by atoms with E-state index in [0.29, 0.717) is 29.9 Å². The molecule has 0 radical (unpaired) electrons. The molecule has 9 nitrogen and oxygen atoms in total. The van der Waals surface area contributed by atoms with Gasteiger partial charge in [0, 0.05) is 37.8 Å². The molecule has 2 aromatic heterocycles. The lowest BCUT2D eigenvalue weighted by Gasteiger charge is -2.44. The van der Waals surface area contributed by atoms with Crippen LogP contribution in [0, 0.1) is 5.21 Å². The summed E-state index contributed by atoms with van der Waals surface area (Å²) in [6.45, 7) is 1.20. The molecule has 0 spiro atoms. The van der Waals surface area contributed by atoms with Gasteiger partial charge in [0.05, 0.1) is 24.2 Å². The van der Waals surface area contributed by atoms with Gasteiger partial charge in [-0.25, -0.2) is 4.68 Å². The molecule has 9 heteroatoms. The number of piperidine rings is 1. The van der Waals surface area contributed by atoms with E-state index in [-0.39, 0.29) is 15.6 Å². The number of rotatable bonds is 2. The molecule has 1 aromatic carbocycles. The molecule has 0 bridgehead atoms. The van der Waals surface area contributed by atoms with Crippen LogP contribution < -0.4 is 10.1 Å². The van der Waals surface area contributed by atoms with Crippen LogP contribution in [0.25, 0.3) is 22.3 Å². The van der Waals surface area contributed by atoms with E-state index in [4.69, 9.17) is 0 Å². The maximum atomic E-state index is 13.1. The highest BCUT2D eigenvalue weighted by molar-refractivity contribution is 5.85. The van der Waals surface area contributed by atoms with Crippen LogP contribution in [0.3, 0.4) is 0 Å². The number of tetrazole rings is 1. The van der Waals surface area contributed by atoms with Crippen molar-refractivity contribution in [3.8, 4) is 11.4 Å². The molecule has 1 saturated heterocycles. The molecule has 3 aromatic rings. The fourth-order valence-electron chi connectivity index (χ4n) is 3.62. The van der Waals surface area contributed by atoms with Crippen LogP contribution in [0.5, 0.6) is 0 Å². The Morgan fingerprint density at radius 1 is 1.15 bits per heavy atom. The van der Waals surface area contributed by atoms with Gasteiger partial charge in [-0.05, 0) is 35.8 Å². The number of fused-ring (bicyclic) bond motifs is 1. The molecular formula is C17H22N6O3. The van der Waals surface area contributed by atoms with E-state index in [1.54, 1.807) is 25.4 Å². The second-order valence-electron chi connectivity index (χ2n) is 6.71. The van der Waals surface area contributed by atoms with Crippen LogP contribution in [0.2, 0.25) is 0 Å². The van der Waals surface area contributed by atoms with Gasteiger partial charge in [-0.3, -0.25) is 4.79 Å². The van der Waals surface area contributed by atoms with Crippen molar-refractivity contribution in [2.45, 2.75) is 19.3 Å². The summed E-state index contributed by atoms with van der Waals surface area (Å²) in [6.07, 6.45) is 4.73. The van der Waals surface area contributed by atoms with Gasteiger partial charge in [-0.1, -0.05) is 0 Å². The van der Waals surface area contributed by atoms with Crippen molar-refractivity contribution < 1.29 is 5.48 Å². The van der Waals surface area contributed by atoms with Gasteiger partial charge < -0.3 is 19.9 Å². The van der Waals surface area contributed by atoms with Crippen molar-refractivity contribution in [3.05, 3.63) is 39.8 Å². The van der Waals surface area contributed by atoms with Gasteiger partial charge in [-0.2, -0.15) is 0 Å². The molecule has 0 saturated carbocycles. The third-order valence-electron chi connectivity index (χ3n) is 5.04. The normalized spacial score (nSPS) is 16.4. The van der Waals surface area contributed by atoms with Crippen molar-refractivity contribution in [2.75, 3.05) is 13.1 Å². The minimum absolute atomic E-state index is 0. The first-order valence-electron chi connectivity index (χ1n) is 8.44. The van der Waals surface area contributed by atoms with E-state index in [1.165, 1.54) is 4.68 Å². The van der Waals surface area contributed by atoms with Crippen molar-refractivity contribution in [1.82, 2.24) is 29.4 Å². The molecule has 1 fully saturated rings. The highest BCUT2D eigenvalue weighted by Crippen LogP contribution is 2.30. The average molecular weight is 358 g/mol. The summed E-state index contributed by atoms with van der Waals surface area (Å²) < 4.78 is 3.03. The zero-order valence-electron chi connectivity index (χ0n) is 14.8. The summed E-state index contributed by atoms with van der Waals surface area (Å²) in [6, 6.07) is 5.40. The van der Waals surface area contributed by atoms with Crippen molar-refractivity contribution in [2.24, 2.45) is 14.1 Å². The van der Waals surface area contributed by atoms with Gasteiger partial charge in [0.1, 0.15) is 5.69 Å². The third-order valence-corrected chi connectivity index (χ3v) is 5.04. The number of hydrogen-bond acceptors (Lipinski definition) is 5. The topological polar surface area (TPSA) is 120 Å². The number of pyridine rings is 1. The second kappa shape index (κ2) is 6.60.